The minimum Gasteiger partial charge on any atom is -0.497 e. The van der Waals surface area contributed by atoms with E-state index in [1.807, 2.05) is 47.4 Å². The maximum atomic E-state index is 13.7. The highest BCUT2D eigenvalue weighted by Crippen LogP contribution is 2.38. The standard InChI is InChI=1S/C26H33N3O4/c1-20(2)18-29-25(31)28(19-21-8-10-22(32-3)11-9-21)24(30)26(29)12-15-27(16-13-26)14-4-6-23-7-5-17-33-23/h4-11,17,20H,12-16,18-19H2,1-3H3/b6-4+. The highest BCUT2D eigenvalue weighted by molar-refractivity contribution is 6.07. The average molecular weight is 452 g/mol. The molecule has 1 aromatic heterocycles. The number of nitrogens with zero attached hydrogens (tertiary/aromatic N) is 3. The Labute approximate surface area is 195 Å². The number of hydrogen-bond acceptors (Lipinski definition) is 5. The van der Waals surface area contributed by atoms with Gasteiger partial charge >= 0.3 is 6.03 Å². The Kier molecular flexibility index (Phi) is 6.88. The van der Waals surface area contributed by atoms with E-state index < -0.39 is 5.54 Å². The first-order valence-electron chi connectivity index (χ1n) is 11.6. The number of methoxy groups -OCH3 is 1. The van der Waals surface area contributed by atoms with Gasteiger partial charge in [-0.1, -0.05) is 32.1 Å². The molecule has 1 aromatic carbocycles. The number of urea groups is 1. The summed E-state index contributed by atoms with van der Waals surface area (Å²) in [6.45, 7) is 7.38. The van der Waals surface area contributed by atoms with Crippen molar-refractivity contribution in [1.29, 1.82) is 0 Å². The number of furan rings is 1. The van der Waals surface area contributed by atoms with Crippen LogP contribution in [0.1, 0.15) is 38.0 Å². The lowest BCUT2D eigenvalue weighted by molar-refractivity contribution is -0.136. The van der Waals surface area contributed by atoms with Crippen LogP contribution in [0.15, 0.2) is 53.2 Å². The number of ether oxygens (including phenoxy) is 1. The fourth-order valence-corrected chi connectivity index (χ4v) is 4.75. The van der Waals surface area contributed by atoms with Gasteiger partial charge in [0.2, 0.25) is 0 Å². The van der Waals surface area contributed by atoms with Crippen LogP contribution in [0, 0.1) is 5.92 Å². The second-order valence-corrected chi connectivity index (χ2v) is 9.28. The highest BCUT2D eigenvalue weighted by Gasteiger charge is 2.57. The van der Waals surface area contributed by atoms with E-state index in [0.29, 0.717) is 19.4 Å². The van der Waals surface area contributed by atoms with Gasteiger partial charge in [0.15, 0.2) is 0 Å². The molecule has 2 aliphatic rings. The Balaban J connectivity index is 1.46. The van der Waals surface area contributed by atoms with Crippen LogP contribution >= 0.6 is 0 Å². The minimum absolute atomic E-state index is 0.0604. The molecule has 0 radical (unpaired) electrons. The van der Waals surface area contributed by atoms with Crippen molar-refractivity contribution in [2.45, 2.75) is 38.8 Å². The van der Waals surface area contributed by atoms with E-state index in [-0.39, 0.29) is 24.4 Å². The summed E-state index contributed by atoms with van der Waals surface area (Å²) in [5, 5.41) is 0. The normalized spacial score (nSPS) is 18.9. The monoisotopic (exact) mass is 451 g/mol. The second kappa shape index (κ2) is 9.83. The Morgan fingerprint density at radius 3 is 2.45 bits per heavy atom. The molecule has 0 aliphatic carbocycles. The molecule has 3 heterocycles. The summed E-state index contributed by atoms with van der Waals surface area (Å²) < 4.78 is 10.6. The van der Waals surface area contributed by atoms with Gasteiger partial charge in [-0.05, 0) is 54.7 Å². The summed E-state index contributed by atoms with van der Waals surface area (Å²) in [5.41, 5.74) is 0.175. The van der Waals surface area contributed by atoms with Crippen LogP contribution in [0.25, 0.3) is 6.08 Å². The molecule has 1 spiro atoms. The number of likely N-dealkylation sites (tertiary alicyclic amines) is 1. The van der Waals surface area contributed by atoms with Gasteiger partial charge in [-0.15, -0.1) is 0 Å². The first-order chi connectivity index (χ1) is 15.9. The molecular weight excluding hydrogens is 418 g/mol. The third-order valence-corrected chi connectivity index (χ3v) is 6.54. The van der Waals surface area contributed by atoms with Gasteiger partial charge in [-0.2, -0.15) is 0 Å². The molecule has 33 heavy (non-hydrogen) atoms. The highest BCUT2D eigenvalue weighted by atomic mass is 16.5. The predicted molar refractivity (Wildman–Crippen MR) is 127 cm³/mol. The van der Waals surface area contributed by atoms with Gasteiger partial charge in [0.25, 0.3) is 5.91 Å². The summed E-state index contributed by atoms with van der Waals surface area (Å²) in [6, 6.07) is 11.2. The quantitative estimate of drug-likeness (QED) is 0.561. The molecule has 7 heteroatoms. The number of rotatable bonds is 8. The lowest BCUT2D eigenvalue weighted by atomic mass is 9.85. The van der Waals surface area contributed by atoms with Gasteiger partial charge in [0, 0.05) is 26.2 Å². The smallest absolute Gasteiger partial charge is 0.327 e. The Morgan fingerprint density at radius 1 is 1.12 bits per heavy atom. The van der Waals surface area contributed by atoms with Gasteiger partial charge in [0.1, 0.15) is 17.0 Å². The summed E-state index contributed by atoms with van der Waals surface area (Å²) in [6.07, 6.45) is 7.01. The van der Waals surface area contributed by atoms with Crippen LogP contribution in [0.5, 0.6) is 5.75 Å². The minimum atomic E-state index is -0.741. The first kappa shape index (κ1) is 23.1. The van der Waals surface area contributed by atoms with Gasteiger partial charge < -0.3 is 14.1 Å². The van der Waals surface area contributed by atoms with Crippen molar-refractivity contribution < 1.29 is 18.7 Å². The zero-order valence-corrected chi connectivity index (χ0v) is 19.7. The maximum absolute atomic E-state index is 13.7. The molecule has 0 atom stereocenters. The van der Waals surface area contributed by atoms with E-state index in [1.54, 1.807) is 13.4 Å². The third-order valence-electron chi connectivity index (χ3n) is 6.54. The molecular formula is C26H33N3O4. The largest absolute Gasteiger partial charge is 0.497 e. The van der Waals surface area contributed by atoms with Crippen molar-refractivity contribution in [2.24, 2.45) is 5.92 Å². The van der Waals surface area contributed by atoms with Crippen LogP contribution in [0.3, 0.4) is 0 Å². The zero-order chi connectivity index (χ0) is 23.4. The molecule has 2 aromatic rings. The molecule has 2 aliphatic heterocycles. The van der Waals surface area contributed by atoms with E-state index in [0.717, 1.165) is 36.7 Å². The molecule has 0 N–H and O–H groups in total. The number of hydrogen-bond donors (Lipinski definition) is 0. The van der Waals surface area contributed by atoms with Crippen LogP contribution < -0.4 is 4.74 Å². The van der Waals surface area contributed by atoms with Crippen molar-refractivity contribution in [3.05, 3.63) is 60.1 Å². The molecule has 0 bridgehead atoms. The van der Waals surface area contributed by atoms with E-state index in [1.165, 1.54) is 4.90 Å². The fourth-order valence-electron chi connectivity index (χ4n) is 4.75. The van der Waals surface area contributed by atoms with Crippen molar-refractivity contribution in [3.8, 4) is 5.75 Å². The molecule has 0 saturated carbocycles. The first-order valence-corrected chi connectivity index (χ1v) is 11.6. The van der Waals surface area contributed by atoms with Crippen LogP contribution in [-0.2, 0) is 11.3 Å². The topological polar surface area (TPSA) is 66.2 Å². The molecule has 2 fully saturated rings. The fraction of sp³-hybridized carbons (Fsp3) is 0.462. The van der Waals surface area contributed by atoms with E-state index in [9.17, 15) is 9.59 Å². The van der Waals surface area contributed by atoms with Crippen molar-refractivity contribution in [2.75, 3.05) is 33.3 Å². The lowest BCUT2D eigenvalue weighted by Gasteiger charge is -2.42. The Morgan fingerprint density at radius 2 is 1.85 bits per heavy atom. The van der Waals surface area contributed by atoms with Gasteiger partial charge in [0.05, 0.1) is 19.9 Å². The molecule has 4 rings (SSSR count). The maximum Gasteiger partial charge on any atom is 0.327 e. The Hall–Kier alpha value is -3.06. The van der Waals surface area contributed by atoms with Gasteiger partial charge in [-0.3, -0.25) is 14.6 Å². The summed E-state index contributed by atoms with van der Waals surface area (Å²) in [4.78, 5) is 32.7. The number of benzene rings is 1. The van der Waals surface area contributed by atoms with Crippen molar-refractivity contribution in [3.63, 3.8) is 0 Å². The SMILES string of the molecule is COc1ccc(CN2C(=O)N(CC(C)C)C3(CCN(C/C=C/c4ccco4)CC3)C2=O)cc1. The van der Waals surface area contributed by atoms with E-state index in [4.69, 9.17) is 9.15 Å². The van der Waals surface area contributed by atoms with Crippen LogP contribution in [0.4, 0.5) is 4.79 Å². The molecule has 7 nitrogen and oxygen atoms in total. The van der Waals surface area contributed by atoms with Crippen LogP contribution in [0.2, 0.25) is 0 Å². The summed E-state index contributed by atoms with van der Waals surface area (Å²) in [5.74, 6) is 1.81. The lowest BCUT2D eigenvalue weighted by Crippen LogP contribution is -2.57. The summed E-state index contributed by atoms with van der Waals surface area (Å²) in [7, 11) is 1.62. The van der Waals surface area contributed by atoms with E-state index in [2.05, 4.69) is 24.8 Å². The zero-order valence-electron chi connectivity index (χ0n) is 19.7. The molecule has 0 unspecified atom stereocenters. The third kappa shape index (κ3) is 4.83. The number of amides is 3. The molecule has 3 amide bonds. The van der Waals surface area contributed by atoms with Crippen molar-refractivity contribution >= 4 is 18.0 Å². The van der Waals surface area contributed by atoms with Gasteiger partial charge in [-0.25, -0.2) is 4.79 Å². The number of carbonyl (C=O) groups excluding carboxylic acids is 2. The molecule has 176 valence electrons. The van der Waals surface area contributed by atoms with Crippen LogP contribution in [-0.4, -0.2) is 65.5 Å². The molecule has 2 saturated heterocycles. The summed E-state index contributed by atoms with van der Waals surface area (Å²) >= 11 is 0. The Bertz CT molecular complexity index is 973. The average Bonchev–Trinajstić information content (AvgIpc) is 3.39. The number of piperidine rings is 1. The number of carbonyl (C=O) groups is 2. The number of imide groups is 1. The van der Waals surface area contributed by atoms with Crippen molar-refractivity contribution in [1.82, 2.24) is 14.7 Å². The van der Waals surface area contributed by atoms with E-state index >= 15 is 0 Å². The predicted octanol–water partition coefficient (Wildman–Crippen LogP) is 4.26. The second-order valence-electron chi connectivity index (χ2n) is 9.28.